The summed E-state index contributed by atoms with van der Waals surface area (Å²) in [6.45, 7) is 1.69. The van der Waals surface area contributed by atoms with Crippen molar-refractivity contribution in [2.45, 2.75) is 12.8 Å². The van der Waals surface area contributed by atoms with E-state index in [0.717, 1.165) is 17.0 Å². The molecule has 1 amide bonds. The number of nitrogens with one attached hydrogen (secondary N) is 1. The minimum atomic E-state index is -3.16. The number of hydrogen-bond donors (Lipinski definition) is 1. The zero-order valence-corrected chi connectivity index (χ0v) is 15.1. The molecule has 0 spiro atoms. The number of amides is 1. The van der Waals surface area contributed by atoms with Gasteiger partial charge in [-0.05, 0) is 24.1 Å². The topological polar surface area (TPSA) is 73.5 Å². The number of carbonyl (C=O) groups is 1. The first-order valence-electron chi connectivity index (χ1n) is 8.40. The largest absolute Gasteiger partial charge is 0.358 e. The van der Waals surface area contributed by atoms with Crippen LogP contribution in [0.1, 0.15) is 12.1 Å². The molecule has 7 heteroatoms. The maximum Gasteiger partial charge on any atom is 0.223 e. The monoisotopic (exact) mass is 361 g/mol. The second-order valence-electron chi connectivity index (χ2n) is 6.31. The molecule has 3 rings (SSSR count). The Kier molecular flexibility index (Phi) is 5.24. The smallest absolute Gasteiger partial charge is 0.223 e. The van der Waals surface area contributed by atoms with Crippen molar-refractivity contribution in [1.82, 2.24) is 14.2 Å². The van der Waals surface area contributed by atoms with E-state index in [9.17, 15) is 13.2 Å². The van der Waals surface area contributed by atoms with Crippen LogP contribution in [0.4, 0.5) is 0 Å². The molecule has 6 nitrogen and oxygen atoms in total. The van der Waals surface area contributed by atoms with Gasteiger partial charge in [0.25, 0.3) is 0 Å². The summed E-state index contributed by atoms with van der Waals surface area (Å²) in [4.78, 5) is 17.5. The fraction of sp³-hybridized carbons (Fsp3) is 0.389. The maximum atomic E-state index is 12.3. The predicted octanol–water partition coefficient (Wildman–Crippen LogP) is 1.72. The van der Waals surface area contributed by atoms with Crippen molar-refractivity contribution in [1.29, 1.82) is 0 Å². The number of carbonyl (C=O) groups excluding carboxylic acids is 1. The van der Waals surface area contributed by atoms with Gasteiger partial charge in [0.15, 0.2) is 0 Å². The van der Waals surface area contributed by atoms with E-state index in [1.807, 2.05) is 42.5 Å². The quantitative estimate of drug-likeness (QED) is 0.881. The number of H-pyrrole nitrogens is 1. The Morgan fingerprint density at radius 1 is 1.04 bits per heavy atom. The van der Waals surface area contributed by atoms with Gasteiger partial charge in [-0.15, -0.1) is 0 Å². The molecule has 2 heterocycles. The van der Waals surface area contributed by atoms with Crippen LogP contribution in [0, 0.1) is 0 Å². The van der Waals surface area contributed by atoms with E-state index in [2.05, 4.69) is 4.98 Å². The van der Waals surface area contributed by atoms with Crippen LogP contribution < -0.4 is 0 Å². The highest BCUT2D eigenvalue weighted by Gasteiger charge is 2.25. The zero-order chi connectivity index (χ0) is 17.9. The number of aryl methyl sites for hydroxylation is 1. The lowest BCUT2D eigenvalue weighted by Crippen LogP contribution is -2.50. The Balaban J connectivity index is 1.51. The Bertz CT molecular complexity index is 822. The van der Waals surface area contributed by atoms with Gasteiger partial charge in [-0.1, -0.05) is 30.3 Å². The lowest BCUT2D eigenvalue weighted by atomic mass is 10.2. The summed E-state index contributed by atoms with van der Waals surface area (Å²) in [5, 5.41) is 0. The molecule has 1 aromatic heterocycles. The summed E-state index contributed by atoms with van der Waals surface area (Å²) in [6, 6.07) is 14.1. The van der Waals surface area contributed by atoms with E-state index in [4.69, 9.17) is 0 Å². The standard InChI is InChI=1S/C18H23N3O3S/c1-25(23,24)21-13-11-20(12-14-21)18(22)10-8-16-7-9-17(19-16)15-5-3-2-4-6-15/h2-7,9,19H,8,10-14H2,1H3. The molecule has 1 saturated heterocycles. The molecule has 134 valence electrons. The SMILES string of the molecule is CS(=O)(=O)N1CCN(C(=O)CCc2ccc(-c3ccccc3)[nH]2)CC1. The number of hydrogen-bond acceptors (Lipinski definition) is 3. The van der Waals surface area contributed by atoms with E-state index in [-0.39, 0.29) is 5.91 Å². The number of nitrogens with zero attached hydrogens (tertiary/aromatic N) is 2. The van der Waals surface area contributed by atoms with Crippen molar-refractivity contribution in [3.63, 3.8) is 0 Å². The van der Waals surface area contributed by atoms with Crippen molar-refractivity contribution in [3.05, 3.63) is 48.2 Å². The van der Waals surface area contributed by atoms with Crippen LogP contribution in [0.3, 0.4) is 0 Å². The molecule has 0 atom stereocenters. The summed E-state index contributed by atoms with van der Waals surface area (Å²) < 4.78 is 24.4. The molecule has 1 aliphatic rings. The van der Waals surface area contributed by atoms with Crippen molar-refractivity contribution >= 4 is 15.9 Å². The average Bonchev–Trinajstić information content (AvgIpc) is 3.09. The molecule has 0 aliphatic carbocycles. The third-order valence-electron chi connectivity index (χ3n) is 4.50. The fourth-order valence-corrected chi connectivity index (χ4v) is 3.87. The van der Waals surface area contributed by atoms with Crippen LogP contribution >= 0.6 is 0 Å². The molecule has 0 radical (unpaired) electrons. The van der Waals surface area contributed by atoms with Crippen molar-refractivity contribution in [3.8, 4) is 11.3 Å². The Morgan fingerprint density at radius 2 is 1.72 bits per heavy atom. The highest BCUT2D eigenvalue weighted by molar-refractivity contribution is 7.88. The summed E-state index contributed by atoms with van der Waals surface area (Å²) in [5.74, 6) is 0.0732. The Hall–Kier alpha value is -2.12. The minimum absolute atomic E-state index is 0.0732. The van der Waals surface area contributed by atoms with Crippen LogP contribution in [0.25, 0.3) is 11.3 Å². The molecule has 1 aliphatic heterocycles. The molecule has 25 heavy (non-hydrogen) atoms. The van der Waals surface area contributed by atoms with Crippen molar-refractivity contribution < 1.29 is 13.2 Å². The normalized spacial score (nSPS) is 16.1. The molecule has 2 aromatic rings. The van der Waals surface area contributed by atoms with E-state index < -0.39 is 10.0 Å². The van der Waals surface area contributed by atoms with Gasteiger partial charge in [0.2, 0.25) is 15.9 Å². The molecular formula is C18H23N3O3S. The average molecular weight is 361 g/mol. The molecule has 0 unspecified atom stereocenters. The number of sulfonamides is 1. The van der Waals surface area contributed by atoms with Gasteiger partial charge in [0.05, 0.1) is 6.26 Å². The molecule has 0 bridgehead atoms. The highest BCUT2D eigenvalue weighted by Crippen LogP contribution is 2.19. The van der Waals surface area contributed by atoms with E-state index in [1.165, 1.54) is 10.6 Å². The van der Waals surface area contributed by atoms with Gasteiger partial charge in [-0.25, -0.2) is 8.42 Å². The third-order valence-corrected chi connectivity index (χ3v) is 5.80. The van der Waals surface area contributed by atoms with Crippen LogP contribution in [0.2, 0.25) is 0 Å². The van der Waals surface area contributed by atoms with Gasteiger partial charge in [0.1, 0.15) is 0 Å². The van der Waals surface area contributed by atoms with Gasteiger partial charge in [-0.3, -0.25) is 4.79 Å². The lowest BCUT2D eigenvalue weighted by molar-refractivity contribution is -0.132. The first-order valence-corrected chi connectivity index (χ1v) is 10.2. The van der Waals surface area contributed by atoms with Crippen LogP contribution in [0.5, 0.6) is 0 Å². The van der Waals surface area contributed by atoms with E-state index in [0.29, 0.717) is 39.0 Å². The second-order valence-corrected chi connectivity index (χ2v) is 8.29. The third kappa shape index (κ3) is 4.49. The van der Waals surface area contributed by atoms with Gasteiger partial charge < -0.3 is 9.88 Å². The number of aromatic amines is 1. The lowest BCUT2D eigenvalue weighted by Gasteiger charge is -2.33. The molecular weight excluding hydrogens is 338 g/mol. The number of aromatic nitrogens is 1. The summed E-state index contributed by atoms with van der Waals surface area (Å²) in [7, 11) is -3.16. The van der Waals surface area contributed by atoms with Crippen LogP contribution in [-0.2, 0) is 21.2 Å². The molecule has 1 N–H and O–H groups in total. The second kappa shape index (κ2) is 7.41. The van der Waals surface area contributed by atoms with Crippen LogP contribution in [0.15, 0.2) is 42.5 Å². The predicted molar refractivity (Wildman–Crippen MR) is 97.5 cm³/mol. The first kappa shape index (κ1) is 17.7. The number of rotatable bonds is 5. The summed E-state index contributed by atoms with van der Waals surface area (Å²) >= 11 is 0. The number of benzene rings is 1. The number of piperazine rings is 1. The first-order chi connectivity index (χ1) is 11.9. The Morgan fingerprint density at radius 3 is 2.36 bits per heavy atom. The van der Waals surface area contributed by atoms with Crippen molar-refractivity contribution in [2.24, 2.45) is 0 Å². The van der Waals surface area contributed by atoms with Crippen LogP contribution in [-0.4, -0.2) is 60.9 Å². The van der Waals surface area contributed by atoms with Gasteiger partial charge >= 0.3 is 0 Å². The minimum Gasteiger partial charge on any atom is -0.358 e. The zero-order valence-electron chi connectivity index (χ0n) is 14.3. The highest BCUT2D eigenvalue weighted by atomic mass is 32.2. The Labute approximate surface area is 148 Å². The van der Waals surface area contributed by atoms with Gasteiger partial charge in [0, 0.05) is 44.0 Å². The molecule has 0 saturated carbocycles. The summed E-state index contributed by atoms with van der Waals surface area (Å²) in [6.07, 6.45) is 2.28. The molecule has 1 aromatic carbocycles. The van der Waals surface area contributed by atoms with Crippen molar-refractivity contribution in [2.75, 3.05) is 32.4 Å². The van der Waals surface area contributed by atoms with E-state index >= 15 is 0 Å². The van der Waals surface area contributed by atoms with Gasteiger partial charge in [-0.2, -0.15) is 4.31 Å². The maximum absolute atomic E-state index is 12.3. The fourth-order valence-electron chi connectivity index (χ4n) is 3.04. The molecule has 1 fully saturated rings. The van der Waals surface area contributed by atoms with E-state index in [1.54, 1.807) is 4.90 Å². The summed E-state index contributed by atoms with van der Waals surface area (Å²) in [5.41, 5.74) is 3.20.